The van der Waals surface area contributed by atoms with Gasteiger partial charge in [0.25, 0.3) is 0 Å². The Morgan fingerprint density at radius 3 is 2.45 bits per heavy atom. The highest BCUT2D eigenvalue weighted by molar-refractivity contribution is 9.10. The average Bonchev–Trinajstić information content (AvgIpc) is 2.80. The fraction of sp³-hybridized carbons (Fsp3) is 0.240. The van der Waals surface area contributed by atoms with Gasteiger partial charge in [0, 0.05) is 16.0 Å². The van der Waals surface area contributed by atoms with Gasteiger partial charge in [-0.3, -0.25) is 4.79 Å². The Morgan fingerprint density at radius 2 is 1.73 bits per heavy atom. The average molecular weight is 548 g/mol. The van der Waals surface area contributed by atoms with Crippen molar-refractivity contribution < 1.29 is 13.2 Å². The standard InChI is InChI=1S/C25H24BrClN2O3S/c26-20-10-8-18(9-11-20)16-29(33(31,32)22-14-12-21(27)13-15-22)17-25(30)28-24-7-3-5-19-4-1-2-6-23(19)24/h1-2,4,6,8-15,24H,3,5,7,16-17H2,(H,28,30). The number of sulfonamides is 1. The molecule has 33 heavy (non-hydrogen) atoms. The van der Waals surface area contributed by atoms with Crippen molar-refractivity contribution in [2.45, 2.75) is 36.7 Å². The Bertz CT molecular complexity index is 1230. The minimum atomic E-state index is -3.92. The molecule has 0 bridgehead atoms. The molecule has 8 heteroatoms. The van der Waals surface area contributed by atoms with Crippen molar-refractivity contribution in [1.29, 1.82) is 0 Å². The molecule has 0 fully saturated rings. The van der Waals surface area contributed by atoms with E-state index in [2.05, 4.69) is 27.3 Å². The number of aryl methyl sites for hydroxylation is 1. The molecule has 1 unspecified atom stereocenters. The molecule has 0 aliphatic heterocycles. The maximum Gasteiger partial charge on any atom is 0.243 e. The maximum absolute atomic E-state index is 13.4. The lowest BCUT2D eigenvalue weighted by Gasteiger charge is -2.28. The predicted molar refractivity (Wildman–Crippen MR) is 133 cm³/mol. The first-order chi connectivity index (χ1) is 15.8. The smallest absolute Gasteiger partial charge is 0.243 e. The van der Waals surface area contributed by atoms with E-state index in [-0.39, 0.29) is 29.9 Å². The molecule has 172 valence electrons. The van der Waals surface area contributed by atoms with Crippen LogP contribution in [0.5, 0.6) is 0 Å². The Morgan fingerprint density at radius 1 is 1.03 bits per heavy atom. The van der Waals surface area contributed by atoms with Crippen LogP contribution in [0.2, 0.25) is 5.02 Å². The second-order valence-corrected chi connectivity index (χ2v) is 11.4. The van der Waals surface area contributed by atoms with Crippen LogP contribution in [0.4, 0.5) is 0 Å². The lowest BCUT2D eigenvalue weighted by atomic mass is 9.88. The van der Waals surface area contributed by atoms with Crippen LogP contribution in [0.15, 0.2) is 82.2 Å². The van der Waals surface area contributed by atoms with E-state index in [0.29, 0.717) is 5.02 Å². The SMILES string of the molecule is O=C(CN(Cc1ccc(Br)cc1)S(=O)(=O)c1ccc(Cl)cc1)NC1CCCc2ccccc21. The van der Waals surface area contributed by atoms with E-state index >= 15 is 0 Å². The molecule has 1 amide bonds. The van der Waals surface area contributed by atoms with E-state index in [0.717, 1.165) is 34.9 Å². The van der Waals surface area contributed by atoms with Crippen molar-refractivity contribution in [2.24, 2.45) is 0 Å². The summed E-state index contributed by atoms with van der Waals surface area (Å²) in [6.07, 6.45) is 2.80. The van der Waals surface area contributed by atoms with Gasteiger partial charge in [-0.15, -0.1) is 0 Å². The first kappa shape index (κ1) is 24.0. The number of carbonyl (C=O) groups excluding carboxylic acids is 1. The normalized spacial score (nSPS) is 15.8. The van der Waals surface area contributed by atoms with Crippen LogP contribution in [-0.2, 0) is 27.8 Å². The van der Waals surface area contributed by atoms with Crippen molar-refractivity contribution in [3.8, 4) is 0 Å². The quantitative estimate of drug-likeness (QED) is 0.426. The van der Waals surface area contributed by atoms with Crippen LogP contribution in [0, 0.1) is 0 Å². The minimum absolute atomic E-state index is 0.0763. The van der Waals surface area contributed by atoms with E-state index in [4.69, 9.17) is 11.6 Å². The second kappa shape index (κ2) is 10.4. The Hall–Kier alpha value is -2.19. The number of hydrogen-bond donors (Lipinski definition) is 1. The number of rotatable bonds is 7. The van der Waals surface area contributed by atoms with Crippen molar-refractivity contribution in [3.05, 3.63) is 99.0 Å². The highest BCUT2D eigenvalue weighted by Gasteiger charge is 2.29. The number of benzene rings is 3. The monoisotopic (exact) mass is 546 g/mol. The number of amides is 1. The molecule has 4 rings (SSSR count). The second-order valence-electron chi connectivity index (χ2n) is 8.06. The molecule has 3 aromatic carbocycles. The van der Waals surface area contributed by atoms with Gasteiger partial charge in [-0.05, 0) is 72.4 Å². The van der Waals surface area contributed by atoms with Gasteiger partial charge in [-0.25, -0.2) is 8.42 Å². The maximum atomic E-state index is 13.4. The summed E-state index contributed by atoms with van der Waals surface area (Å²) in [5, 5.41) is 3.51. The van der Waals surface area contributed by atoms with Crippen LogP contribution in [0.1, 0.15) is 35.6 Å². The van der Waals surface area contributed by atoms with Gasteiger partial charge in [0.05, 0.1) is 17.5 Å². The number of carbonyl (C=O) groups is 1. The van der Waals surface area contributed by atoms with Crippen molar-refractivity contribution in [2.75, 3.05) is 6.54 Å². The summed E-state index contributed by atoms with van der Waals surface area (Å²) in [6, 6.07) is 21.3. The fourth-order valence-electron chi connectivity index (χ4n) is 4.08. The number of fused-ring (bicyclic) bond motifs is 1. The molecule has 1 atom stereocenters. The summed E-state index contributed by atoms with van der Waals surface area (Å²) in [6.45, 7) is -0.202. The molecule has 0 saturated heterocycles. The van der Waals surface area contributed by atoms with Crippen LogP contribution in [0.3, 0.4) is 0 Å². The molecular weight excluding hydrogens is 524 g/mol. The van der Waals surface area contributed by atoms with Gasteiger partial charge >= 0.3 is 0 Å². The van der Waals surface area contributed by atoms with Gasteiger partial charge in [0.2, 0.25) is 15.9 Å². The zero-order valence-corrected chi connectivity index (χ0v) is 21.0. The third kappa shape index (κ3) is 5.84. The van der Waals surface area contributed by atoms with Crippen molar-refractivity contribution in [1.82, 2.24) is 9.62 Å². The molecule has 0 spiro atoms. The van der Waals surface area contributed by atoms with E-state index in [9.17, 15) is 13.2 Å². The Kier molecular flexibility index (Phi) is 7.54. The van der Waals surface area contributed by atoms with Crippen molar-refractivity contribution in [3.63, 3.8) is 0 Å². The van der Waals surface area contributed by atoms with Crippen LogP contribution in [-0.4, -0.2) is 25.2 Å². The highest BCUT2D eigenvalue weighted by Crippen LogP contribution is 2.29. The van der Waals surface area contributed by atoms with Crippen LogP contribution < -0.4 is 5.32 Å². The minimum Gasteiger partial charge on any atom is -0.348 e. The lowest BCUT2D eigenvalue weighted by Crippen LogP contribution is -2.42. The molecule has 0 radical (unpaired) electrons. The molecule has 1 aliphatic rings. The number of hydrogen-bond acceptors (Lipinski definition) is 3. The highest BCUT2D eigenvalue weighted by atomic mass is 79.9. The van der Waals surface area contributed by atoms with Gasteiger partial charge < -0.3 is 5.32 Å². The summed E-state index contributed by atoms with van der Waals surface area (Å²) in [4.78, 5) is 13.2. The van der Waals surface area contributed by atoms with Crippen LogP contribution in [0.25, 0.3) is 0 Å². The summed E-state index contributed by atoms with van der Waals surface area (Å²) in [5.41, 5.74) is 3.12. The third-order valence-electron chi connectivity index (χ3n) is 5.75. The van der Waals surface area contributed by atoms with Gasteiger partial charge in [0.1, 0.15) is 0 Å². The Labute approximate surface area is 207 Å². The first-order valence-electron chi connectivity index (χ1n) is 10.7. The van der Waals surface area contributed by atoms with Gasteiger partial charge in [0.15, 0.2) is 0 Å². The summed E-state index contributed by atoms with van der Waals surface area (Å²) in [5.74, 6) is -0.327. The molecule has 0 saturated carbocycles. The molecule has 0 aromatic heterocycles. The van der Waals surface area contributed by atoms with Gasteiger partial charge in [-0.1, -0.05) is 63.9 Å². The van der Waals surface area contributed by atoms with E-state index in [1.54, 1.807) is 0 Å². The molecule has 5 nitrogen and oxygen atoms in total. The topological polar surface area (TPSA) is 66.5 Å². The molecule has 1 N–H and O–H groups in total. The predicted octanol–water partition coefficient (Wildman–Crippen LogP) is 5.49. The molecule has 0 heterocycles. The number of nitrogens with zero attached hydrogens (tertiary/aromatic N) is 1. The number of halogens is 2. The summed E-state index contributed by atoms with van der Waals surface area (Å²) < 4.78 is 29.0. The van der Waals surface area contributed by atoms with E-state index in [1.807, 2.05) is 42.5 Å². The van der Waals surface area contributed by atoms with E-state index < -0.39 is 10.0 Å². The molecule has 1 aliphatic carbocycles. The van der Waals surface area contributed by atoms with E-state index in [1.165, 1.54) is 34.1 Å². The van der Waals surface area contributed by atoms with Crippen LogP contribution >= 0.6 is 27.5 Å². The fourth-order valence-corrected chi connectivity index (χ4v) is 5.85. The summed E-state index contributed by atoms with van der Waals surface area (Å²) >= 11 is 9.34. The largest absolute Gasteiger partial charge is 0.348 e. The van der Waals surface area contributed by atoms with Crippen molar-refractivity contribution >= 4 is 43.5 Å². The third-order valence-corrected chi connectivity index (χ3v) is 8.33. The molecular formula is C25H24BrClN2O3S. The number of nitrogens with one attached hydrogen (secondary N) is 1. The lowest BCUT2D eigenvalue weighted by molar-refractivity contribution is -0.122. The molecule has 3 aromatic rings. The zero-order valence-electron chi connectivity index (χ0n) is 17.9. The summed E-state index contributed by atoms with van der Waals surface area (Å²) in [7, 11) is -3.92. The Balaban J connectivity index is 1.57. The first-order valence-corrected chi connectivity index (χ1v) is 13.3. The zero-order chi connectivity index (χ0) is 23.4. The van der Waals surface area contributed by atoms with Gasteiger partial charge in [-0.2, -0.15) is 4.31 Å².